The number of carbonyl (C=O) groups is 2. The number of hydrogen-bond donors (Lipinski definition) is 1. The Kier molecular flexibility index (Phi) is 6.89. The standard InChI is InChI=1S/C24H24ClFN2O4/c25-19-5-2-1-4-18(19)21-20(22(29)16-6-8-17(26)9-7-16)23(30)24(31)28(21)11-3-10-27-12-14-32-15-13-27/h1-2,4-9,21,29H,3,10-15H2/t21-/m1/s1. The summed E-state index contributed by atoms with van der Waals surface area (Å²) < 4.78 is 18.7. The molecule has 2 aliphatic heterocycles. The van der Waals surface area contributed by atoms with Crippen molar-refractivity contribution in [3.05, 3.63) is 76.1 Å². The first-order chi connectivity index (χ1) is 15.5. The summed E-state index contributed by atoms with van der Waals surface area (Å²) in [7, 11) is 0. The summed E-state index contributed by atoms with van der Waals surface area (Å²) in [5.74, 6) is -2.26. The van der Waals surface area contributed by atoms with Gasteiger partial charge in [-0.15, -0.1) is 0 Å². The molecule has 0 saturated carbocycles. The van der Waals surface area contributed by atoms with Crippen LogP contribution in [0.5, 0.6) is 0 Å². The Morgan fingerprint density at radius 2 is 1.75 bits per heavy atom. The van der Waals surface area contributed by atoms with Crippen LogP contribution in [0.25, 0.3) is 5.76 Å². The fraction of sp³-hybridized carbons (Fsp3) is 0.333. The fourth-order valence-corrected chi connectivity index (χ4v) is 4.42. The number of halogens is 2. The number of benzene rings is 2. The number of rotatable bonds is 6. The Bertz CT molecular complexity index is 1030. The SMILES string of the molecule is O=C1C(=O)N(CCCN2CCOCC2)[C@H](c2ccccc2Cl)C1=C(O)c1ccc(F)cc1. The lowest BCUT2D eigenvalue weighted by Gasteiger charge is -2.29. The van der Waals surface area contributed by atoms with Crippen LogP contribution in [-0.4, -0.2) is 66.0 Å². The van der Waals surface area contributed by atoms with Crippen LogP contribution in [0, 0.1) is 5.82 Å². The van der Waals surface area contributed by atoms with Crippen LogP contribution in [0.15, 0.2) is 54.1 Å². The van der Waals surface area contributed by atoms with Gasteiger partial charge in [0.15, 0.2) is 0 Å². The zero-order chi connectivity index (χ0) is 22.7. The lowest BCUT2D eigenvalue weighted by Crippen LogP contribution is -2.39. The predicted molar refractivity (Wildman–Crippen MR) is 119 cm³/mol. The van der Waals surface area contributed by atoms with E-state index in [4.69, 9.17) is 16.3 Å². The number of morpholine rings is 1. The summed E-state index contributed by atoms with van der Waals surface area (Å²) in [6.45, 7) is 4.12. The first kappa shape index (κ1) is 22.5. The molecule has 4 rings (SSSR count). The van der Waals surface area contributed by atoms with Crippen molar-refractivity contribution in [2.24, 2.45) is 0 Å². The molecule has 0 radical (unpaired) electrons. The van der Waals surface area contributed by atoms with E-state index in [1.165, 1.54) is 29.2 Å². The maximum absolute atomic E-state index is 13.4. The van der Waals surface area contributed by atoms with Gasteiger partial charge >= 0.3 is 0 Å². The molecule has 1 amide bonds. The molecule has 1 N–H and O–H groups in total. The summed E-state index contributed by atoms with van der Waals surface area (Å²) in [4.78, 5) is 29.7. The Labute approximate surface area is 190 Å². The molecule has 0 spiro atoms. The number of aliphatic hydroxyl groups is 1. The topological polar surface area (TPSA) is 70.1 Å². The number of hydrogen-bond acceptors (Lipinski definition) is 5. The molecule has 2 aromatic rings. The molecule has 0 aromatic heterocycles. The minimum atomic E-state index is -0.821. The van der Waals surface area contributed by atoms with Gasteiger partial charge in [-0.1, -0.05) is 29.8 Å². The van der Waals surface area contributed by atoms with E-state index in [1.807, 2.05) is 0 Å². The summed E-state index contributed by atoms with van der Waals surface area (Å²) >= 11 is 6.43. The Morgan fingerprint density at radius 1 is 1.06 bits per heavy atom. The van der Waals surface area contributed by atoms with Crippen molar-refractivity contribution in [3.8, 4) is 0 Å². The summed E-state index contributed by atoms with van der Waals surface area (Å²) in [6.07, 6.45) is 0.657. The molecule has 0 unspecified atom stereocenters. The van der Waals surface area contributed by atoms with E-state index in [9.17, 15) is 19.1 Å². The van der Waals surface area contributed by atoms with E-state index < -0.39 is 23.5 Å². The Balaban J connectivity index is 1.68. The number of ether oxygens (including phenoxy) is 1. The highest BCUT2D eigenvalue weighted by molar-refractivity contribution is 6.47. The number of nitrogens with zero attached hydrogens (tertiary/aromatic N) is 2. The lowest BCUT2D eigenvalue weighted by atomic mass is 9.95. The largest absolute Gasteiger partial charge is 0.507 e. The van der Waals surface area contributed by atoms with Crippen LogP contribution < -0.4 is 0 Å². The summed E-state index contributed by atoms with van der Waals surface area (Å²) in [5.41, 5.74) is 0.777. The molecule has 6 nitrogen and oxygen atoms in total. The first-order valence-corrected chi connectivity index (χ1v) is 10.9. The molecule has 8 heteroatoms. The quantitative estimate of drug-likeness (QED) is 0.407. The van der Waals surface area contributed by atoms with E-state index in [2.05, 4.69) is 4.90 Å². The van der Waals surface area contributed by atoms with Crippen molar-refractivity contribution >= 4 is 29.1 Å². The van der Waals surface area contributed by atoms with E-state index in [0.29, 0.717) is 36.8 Å². The van der Waals surface area contributed by atoms with E-state index in [0.717, 1.165) is 19.6 Å². The predicted octanol–water partition coefficient (Wildman–Crippen LogP) is 3.62. The third-order valence-electron chi connectivity index (χ3n) is 5.83. The van der Waals surface area contributed by atoms with Crippen LogP contribution in [0.3, 0.4) is 0 Å². The molecule has 0 aliphatic carbocycles. The Hall–Kier alpha value is -2.74. The monoisotopic (exact) mass is 458 g/mol. The number of ketones is 1. The third kappa shape index (κ3) is 4.55. The summed E-state index contributed by atoms with van der Waals surface area (Å²) in [6, 6.07) is 11.3. The molecule has 32 heavy (non-hydrogen) atoms. The van der Waals surface area contributed by atoms with E-state index in [1.54, 1.807) is 24.3 Å². The molecule has 0 bridgehead atoms. The Morgan fingerprint density at radius 3 is 2.44 bits per heavy atom. The highest BCUT2D eigenvalue weighted by Gasteiger charge is 2.46. The first-order valence-electron chi connectivity index (χ1n) is 10.6. The second-order valence-corrected chi connectivity index (χ2v) is 8.24. The number of likely N-dealkylation sites (tertiary alicyclic amines) is 1. The van der Waals surface area contributed by atoms with Crippen molar-refractivity contribution in [1.82, 2.24) is 9.80 Å². The van der Waals surface area contributed by atoms with Gasteiger partial charge in [-0.2, -0.15) is 0 Å². The maximum atomic E-state index is 13.4. The van der Waals surface area contributed by atoms with Crippen molar-refractivity contribution < 1.29 is 23.8 Å². The van der Waals surface area contributed by atoms with Crippen LogP contribution in [0.1, 0.15) is 23.6 Å². The summed E-state index contributed by atoms with van der Waals surface area (Å²) in [5, 5.41) is 11.4. The fourth-order valence-electron chi connectivity index (χ4n) is 4.18. The van der Waals surface area contributed by atoms with Crippen molar-refractivity contribution in [2.45, 2.75) is 12.5 Å². The average molecular weight is 459 g/mol. The average Bonchev–Trinajstić information content (AvgIpc) is 3.05. The van der Waals surface area contributed by atoms with Gasteiger partial charge in [0.2, 0.25) is 0 Å². The lowest BCUT2D eigenvalue weighted by molar-refractivity contribution is -0.140. The van der Waals surface area contributed by atoms with Gasteiger partial charge in [0, 0.05) is 36.8 Å². The molecule has 2 fully saturated rings. The second kappa shape index (κ2) is 9.81. The molecule has 2 heterocycles. The minimum Gasteiger partial charge on any atom is -0.507 e. The van der Waals surface area contributed by atoms with Gasteiger partial charge in [-0.05, 0) is 42.3 Å². The zero-order valence-corrected chi connectivity index (χ0v) is 18.2. The van der Waals surface area contributed by atoms with E-state index in [-0.39, 0.29) is 16.9 Å². The highest BCUT2D eigenvalue weighted by Crippen LogP contribution is 2.41. The molecule has 2 aromatic carbocycles. The molecule has 1 atom stereocenters. The van der Waals surface area contributed by atoms with Gasteiger partial charge in [0.25, 0.3) is 11.7 Å². The van der Waals surface area contributed by atoms with Gasteiger partial charge in [-0.3, -0.25) is 14.5 Å². The molecular formula is C24H24ClFN2O4. The minimum absolute atomic E-state index is 0.0407. The van der Waals surface area contributed by atoms with Crippen molar-refractivity contribution in [3.63, 3.8) is 0 Å². The molecule has 2 saturated heterocycles. The second-order valence-electron chi connectivity index (χ2n) is 7.83. The normalized spacial score (nSPS) is 21.3. The number of Topliss-reactive ketones (excluding diaryl/α,β-unsaturated/α-hetero) is 1. The number of amides is 1. The van der Waals surface area contributed by atoms with Gasteiger partial charge in [0.1, 0.15) is 11.6 Å². The van der Waals surface area contributed by atoms with Crippen molar-refractivity contribution in [2.75, 3.05) is 39.4 Å². The third-order valence-corrected chi connectivity index (χ3v) is 6.18. The van der Waals surface area contributed by atoms with Crippen LogP contribution >= 0.6 is 11.6 Å². The zero-order valence-electron chi connectivity index (χ0n) is 17.5. The number of carbonyl (C=O) groups excluding carboxylic acids is 2. The highest BCUT2D eigenvalue weighted by atomic mass is 35.5. The van der Waals surface area contributed by atoms with Gasteiger partial charge in [-0.25, -0.2) is 4.39 Å². The van der Waals surface area contributed by atoms with Crippen molar-refractivity contribution in [1.29, 1.82) is 0 Å². The van der Waals surface area contributed by atoms with Crippen LogP contribution in [-0.2, 0) is 14.3 Å². The molecular weight excluding hydrogens is 435 g/mol. The molecule has 168 valence electrons. The smallest absolute Gasteiger partial charge is 0.295 e. The van der Waals surface area contributed by atoms with Crippen LogP contribution in [0.2, 0.25) is 5.02 Å². The van der Waals surface area contributed by atoms with Gasteiger partial charge < -0.3 is 14.7 Å². The van der Waals surface area contributed by atoms with Crippen LogP contribution in [0.4, 0.5) is 4.39 Å². The van der Waals surface area contributed by atoms with Gasteiger partial charge in [0.05, 0.1) is 24.8 Å². The maximum Gasteiger partial charge on any atom is 0.295 e. The number of aliphatic hydroxyl groups excluding tert-OH is 1. The van der Waals surface area contributed by atoms with E-state index >= 15 is 0 Å². The molecule has 2 aliphatic rings.